The average Bonchev–Trinajstić information content (AvgIpc) is 3.37. The number of rotatable bonds is 6. The third-order valence-corrected chi connectivity index (χ3v) is 9.84. The zero-order valence-corrected chi connectivity index (χ0v) is 21.7. The Balaban J connectivity index is 1.54. The molecule has 3 atom stereocenters. The average molecular weight is 535 g/mol. The van der Waals surface area contributed by atoms with Crippen molar-refractivity contribution in [1.82, 2.24) is 19.9 Å². The van der Waals surface area contributed by atoms with E-state index < -0.39 is 27.6 Å². The number of fused-ring (bicyclic) bond motifs is 1. The zero-order chi connectivity index (χ0) is 25.7. The molecule has 2 fully saturated rings. The maximum Gasteiger partial charge on any atom is 0.225 e. The van der Waals surface area contributed by atoms with Gasteiger partial charge in [-0.15, -0.1) is 11.3 Å². The van der Waals surface area contributed by atoms with Crippen LogP contribution in [0.5, 0.6) is 0 Å². The summed E-state index contributed by atoms with van der Waals surface area (Å²) in [6, 6.07) is 1.79. The van der Waals surface area contributed by atoms with Crippen LogP contribution in [-0.4, -0.2) is 79.7 Å². The molecule has 0 radical (unpaired) electrons. The molecule has 0 amide bonds. The van der Waals surface area contributed by atoms with Crippen molar-refractivity contribution in [2.24, 2.45) is 5.92 Å². The molecule has 11 nitrogen and oxygen atoms in total. The highest BCUT2D eigenvalue weighted by atomic mass is 32.2. The summed E-state index contributed by atoms with van der Waals surface area (Å²) in [4.78, 5) is 18.4. The molecule has 3 unspecified atom stereocenters. The van der Waals surface area contributed by atoms with Crippen LogP contribution in [0.2, 0.25) is 0 Å². The normalized spacial score (nSPS) is 26.4. The summed E-state index contributed by atoms with van der Waals surface area (Å²) in [6.45, 7) is 3.47. The van der Waals surface area contributed by atoms with Gasteiger partial charge in [-0.1, -0.05) is 0 Å². The Kier molecular flexibility index (Phi) is 6.62. The highest BCUT2D eigenvalue weighted by Gasteiger charge is 2.47. The molecule has 13 heteroatoms. The number of aryl methyl sites for hydroxylation is 2. The summed E-state index contributed by atoms with van der Waals surface area (Å²) in [5.74, 6) is 0.378. The van der Waals surface area contributed by atoms with E-state index in [1.54, 1.807) is 6.20 Å². The van der Waals surface area contributed by atoms with Gasteiger partial charge in [-0.2, -0.15) is 4.98 Å². The lowest BCUT2D eigenvalue weighted by Gasteiger charge is -2.31. The summed E-state index contributed by atoms with van der Waals surface area (Å²) in [6.07, 6.45) is 2.14. The minimum atomic E-state index is -3.01. The van der Waals surface area contributed by atoms with Gasteiger partial charge in [0.05, 0.1) is 33.2 Å². The number of pyridine rings is 1. The third kappa shape index (κ3) is 4.77. The minimum Gasteiger partial charge on any atom is -0.396 e. The summed E-state index contributed by atoms with van der Waals surface area (Å²) in [7, 11) is -3.01. The molecule has 194 valence electrons. The maximum absolute atomic E-state index is 11.8. The predicted octanol–water partition coefficient (Wildman–Crippen LogP) is 1.62. The molecular weight excluding hydrogens is 504 g/mol. The van der Waals surface area contributed by atoms with Crippen LogP contribution >= 0.6 is 11.3 Å². The third-order valence-electron chi connectivity index (χ3n) is 7.08. The SMILES string of the molecule is Cc1nc(NC2CCS(=O)(=O)CC2)nc(NC2(O)CCC(CO)C2O)c1-c1nc2c(C)nccc2s1. The van der Waals surface area contributed by atoms with Crippen molar-refractivity contribution in [3.05, 3.63) is 23.7 Å². The van der Waals surface area contributed by atoms with Crippen LogP contribution in [0.1, 0.15) is 37.1 Å². The van der Waals surface area contributed by atoms with Crippen molar-refractivity contribution in [3.63, 3.8) is 0 Å². The first-order chi connectivity index (χ1) is 17.1. The molecule has 0 bridgehead atoms. The second kappa shape index (κ2) is 9.45. The van der Waals surface area contributed by atoms with E-state index in [-0.39, 0.29) is 30.6 Å². The van der Waals surface area contributed by atoms with E-state index in [4.69, 9.17) is 4.98 Å². The first-order valence-corrected chi connectivity index (χ1v) is 14.6. The van der Waals surface area contributed by atoms with Gasteiger partial charge in [-0.05, 0) is 45.6 Å². The molecule has 0 spiro atoms. The van der Waals surface area contributed by atoms with E-state index in [2.05, 4.69) is 25.6 Å². The number of aromatic nitrogens is 4. The van der Waals surface area contributed by atoms with Crippen LogP contribution in [0.4, 0.5) is 11.8 Å². The minimum absolute atomic E-state index is 0.0956. The first kappa shape index (κ1) is 25.2. The topological polar surface area (TPSA) is 170 Å². The molecule has 0 aromatic carbocycles. The number of aliphatic hydroxyl groups excluding tert-OH is 2. The number of nitrogens with one attached hydrogen (secondary N) is 2. The fourth-order valence-electron chi connectivity index (χ4n) is 4.92. The Hall–Kier alpha value is -2.45. The van der Waals surface area contributed by atoms with E-state index in [1.165, 1.54) is 11.3 Å². The van der Waals surface area contributed by atoms with Crippen molar-refractivity contribution in [3.8, 4) is 10.6 Å². The molecule has 4 heterocycles. The number of hydrogen-bond donors (Lipinski definition) is 5. The van der Waals surface area contributed by atoms with E-state index in [9.17, 15) is 23.7 Å². The van der Waals surface area contributed by atoms with Crippen molar-refractivity contribution < 1.29 is 23.7 Å². The van der Waals surface area contributed by atoms with Gasteiger partial charge >= 0.3 is 0 Å². The molecule has 5 rings (SSSR count). The fourth-order valence-corrected chi connectivity index (χ4v) is 7.53. The van der Waals surface area contributed by atoms with Crippen molar-refractivity contribution in [2.75, 3.05) is 28.7 Å². The van der Waals surface area contributed by atoms with E-state index >= 15 is 0 Å². The van der Waals surface area contributed by atoms with E-state index in [1.807, 2.05) is 19.9 Å². The highest BCUT2D eigenvalue weighted by molar-refractivity contribution is 7.91. The fraction of sp³-hybridized carbons (Fsp3) is 0.565. The van der Waals surface area contributed by atoms with Crippen LogP contribution < -0.4 is 10.6 Å². The molecule has 3 aromatic heterocycles. The predicted molar refractivity (Wildman–Crippen MR) is 138 cm³/mol. The monoisotopic (exact) mass is 534 g/mol. The Morgan fingerprint density at radius 2 is 1.89 bits per heavy atom. The van der Waals surface area contributed by atoms with Gasteiger partial charge in [0.2, 0.25) is 5.95 Å². The Morgan fingerprint density at radius 1 is 1.14 bits per heavy atom. The van der Waals surface area contributed by atoms with Crippen molar-refractivity contribution in [2.45, 2.75) is 57.4 Å². The summed E-state index contributed by atoms with van der Waals surface area (Å²) >= 11 is 1.45. The number of sulfone groups is 1. The van der Waals surface area contributed by atoms with Gasteiger partial charge in [0.1, 0.15) is 32.3 Å². The summed E-state index contributed by atoms with van der Waals surface area (Å²) in [5, 5.41) is 38.5. The smallest absolute Gasteiger partial charge is 0.225 e. The Labute approximate surface area is 213 Å². The Morgan fingerprint density at radius 3 is 2.56 bits per heavy atom. The summed E-state index contributed by atoms with van der Waals surface area (Å²) in [5.41, 5.74) is 1.09. The second-order valence-electron chi connectivity index (χ2n) is 9.66. The van der Waals surface area contributed by atoms with Crippen LogP contribution in [0.15, 0.2) is 12.3 Å². The van der Waals surface area contributed by atoms with Gasteiger partial charge in [-0.25, -0.2) is 18.4 Å². The molecule has 5 N–H and O–H groups in total. The van der Waals surface area contributed by atoms with Crippen molar-refractivity contribution in [1.29, 1.82) is 0 Å². The molecule has 1 saturated heterocycles. The van der Waals surface area contributed by atoms with Gasteiger partial charge in [0.25, 0.3) is 0 Å². The standard InChI is InChI=1S/C23H30N6O5S2/c1-12-17(21-27-18-13(2)24-8-4-16(18)35-21)20(29-23(32)7-3-14(11-30)19(23)31)28-22(25-12)26-15-5-9-36(33,34)10-6-15/h4,8,14-15,19,30-32H,3,5-7,9-11H2,1-2H3,(H2,25,26,28,29). The second-order valence-corrected chi connectivity index (χ2v) is 13.0. The molecule has 1 aliphatic carbocycles. The molecule has 2 aliphatic rings. The highest BCUT2D eigenvalue weighted by Crippen LogP contribution is 2.41. The quantitative estimate of drug-likeness (QED) is 0.291. The lowest BCUT2D eigenvalue weighted by atomic mass is 10.0. The van der Waals surface area contributed by atoms with Crippen molar-refractivity contribution >= 4 is 43.2 Å². The van der Waals surface area contributed by atoms with Gasteiger partial charge in [-0.3, -0.25) is 4.98 Å². The first-order valence-electron chi connectivity index (χ1n) is 12.0. The molecule has 1 saturated carbocycles. The van der Waals surface area contributed by atoms with Gasteiger partial charge in [0.15, 0.2) is 5.72 Å². The number of hydrogen-bond acceptors (Lipinski definition) is 12. The van der Waals surface area contributed by atoms with Crippen LogP contribution in [-0.2, 0) is 9.84 Å². The van der Waals surface area contributed by atoms with E-state index in [0.29, 0.717) is 47.3 Å². The van der Waals surface area contributed by atoms with Crippen LogP contribution in [0.25, 0.3) is 20.8 Å². The zero-order valence-electron chi connectivity index (χ0n) is 20.1. The summed E-state index contributed by atoms with van der Waals surface area (Å²) < 4.78 is 24.6. The van der Waals surface area contributed by atoms with Crippen LogP contribution in [0, 0.1) is 19.8 Å². The molecule has 36 heavy (non-hydrogen) atoms. The number of thiazole rings is 1. The lowest BCUT2D eigenvalue weighted by molar-refractivity contribution is -0.0545. The Bertz CT molecular complexity index is 1380. The number of anilines is 2. The molecule has 3 aromatic rings. The van der Waals surface area contributed by atoms with E-state index in [0.717, 1.165) is 15.9 Å². The number of nitrogens with zero attached hydrogens (tertiary/aromatic N) is 4. The molecular formula is C23H30N6O5S2. The van der Waals surface area contributed by atoms with Gasteiger partial charge in [0, 0.05) is 24.8 Å². The van der Waals surface area contributed by atoms with Gasteiger partial charge < -0.3 is 26.0 Å². The molecule has 1 aliphatic heterocycles. The van der Waals surface area contributed by atoms with Crippen LogP contribution in [0.3, 0.4) is 0 Å². The largest absolute Gasteiger partial charge is 0.396 e. The lowest BCUT2D eigenvalue weighted by Crippen LogP contribution is -2.48. The maximum atomic E-state index is 11.8. The number of aliphatic hydroxyl groups is 3.